The van der Waals surface area contributed by atoms with Crippen LogP contribution in [-0.2, 0) is 0 Å². The molecule has 114 valence electrons. The highest BCUT2D eigenvalue weighted by Gasteiger charge is 2.15. The van der Waals surface area contributed by atoms with Gasteiger partial charge in [-0.3, -0.25) is 4.79 Å². The first-order chi connectivity index (χ1) is 10.0. The first-order valence-corrected chi connectivity index (χ1v) is 7.93. The lowest BCUT2D eigenvalue weighted by Crippen LogP contribution is -2.33. The van der Waals surface area contributed by atoms with E-state index in [9.17, 15) is 4.79 Å². The van der Waals surface area contributed by atoms with Crippen LogP contribution in [0.25, 0.3) is 10.2 Å². The molecule has 1 aromatic carbocycles. The first kappa shape index (κ1) is 15.7. The smallest absolute Gasteiger partial charge is 0.253 e. The van der Waals surface area contributed by atoms with Gasteiger partial charge in [0.25, 0.3) is 5.91 Å². The van der Waals surface area contributed by atoms with Crippen LogP contribution in [0.3, 0.4) is 0 Å². The van der Waals surface area contributed by atoms with Crippen LogP contribution in [0.2, 0.25) is 0 Å². The highest BCUT2D eigenvalue weighted by molar-refractivity contribution is 7.22. The molecular weight excluding hydrogens is 284 g/mol. The minimum Gasteiger partial charge on any atom is -0.375 e. The zero-order chi connectivity index (χ0) is 15.4. The van der Waals surface area contributed by atoms with Crippen molar-refractivity contribution >= 4 is 32.6 Å². The number of aromatic nitrogens is 1. The second-order valence-electron chi connectivity index (χ2n) is 5.28. The van der Waals surface area contributed by atoms with E-state index in [-0.39, 0.29) is 5.91 Å². The van der Waals surface area contributed by atoms with Gasteiger partial charge in [0, 0.05) is 18.7 Å². The number of carbonyl (C=O) groups is 1. The lowest BCUT2D eigenvalue weighted by molar-refractivity contribution is 0.0759. The molecule has 5 nitrogen and oxygen atoms in total. The van der Waals surface area contributed by atoms with Gasteiger partial charge in [0.1, 0.15) is 0 Å². The highest BCUT2D eigenvalue weighted by atomic mass is 32.1. The SMILES string of the molecule is CCN(CCCN(C)C)C(=O)c1ccc2nc(N)sc2c1. The van der Waals surface area contributed by atoms with E-state index < -0.39 is 0 Å². The van der Waals surface area contributed by atoms with Gasteiger partial charge in [-0.2, -0.15) is 0 Å². The van der Waals surface area contributed by atoms with Gasteiger partial charge in [-0.05, 0) is 52.2 Å². The Kier molecular flexibility index (Phi) is 5.14. The Bertz CT molecular complexity index is 623. The van der Waals surface area contributed by atoms with E-state index >= 15 is 0 Å². The number of nitrogen functional groups attached to an aromatic ring is 1. The van der Waals surface area contributed by atoms with Gasteiger partial charge in [0.2, 0.25) is 0 Å². The maximum Gasteiger partial charge on any atom is 0.253 e. The topological polar surface area (TPSA) is 62.5 Å². The monoisotopic (exact) mass is 306 g/mol. The summed E-state index contributed by atoms with van der Waals surface area (Å²) in [5.41, 5.74) is 7.26. The average Bonchev–Trinajstić information content (AvgIpc) is 2.81. The summed E-state index contributed by atoms with van der Waals surface area (Å²) in [4.78, 5) is 20.8. The number of nitrogens with zero attached hydrogens (tertiary/aromatic N) is 3. The Hall–Kier alpha value is -1.66. The number of carbonyl (C=O) groups excluding carboxylic acids is 1. The van der Waals surface area contributed by atoms with E-state index in [1.807, 2.05) is 44.1 Å². The summed E-state index contributed by atoms with van der Waals surface area (Å²) in [7, 11) is 4.08. The largest absolute Gasteiger partial charge is 0.375 e. The quantitative estimate of drug-likeness (QED) is 0.889. The van der Waals surface area contributed by atoms with Crippen molar-refractivity contribution in [2.24, 2.45) is 0 Å². The van der Waals surface area contributed by atoms with Crippen molar-refractivity contribution < 1.29 is 4.79 Å². The fraction of sp³-hybridized carbons (Fsp3) is 0.467. The fourth-order valence-corrected chi connectivity index (χ4v) is 3.01. The van der Waals surface area contributed by atoms with Crippen LogP contribution in [0, 0.1) is 0 Å². The molecule has 21 heavy (non-hydrogen) atoms. The van der Waals surface area contributed by atoms with Crippen molar-refractivity contribution in [3.8, 4) is 0 Å². The van der Waals surface area contributed by atoms with E-state index in [0.717, 1.165) is 36.3 Å². The van der Waals surface area contributed by atoms with Gasteiger partial charge >= 0.3 is 0 Å². The molecule has 2 aromatic rings. The highest BCUT2D eigenvalue weighted by Crippen LogP contribution is 2.25. The summed E-state index contributed by atoms with van der Waals surface area (Å²) < 4.78 is 0.961. The van der Waals surface area contributed by atoms with E-state index in [1.165, 1.54) is 11.3 Å². The van der Waals surface area contributed by atoms with Crippen LogP contribution in [0.15, 0.2) is 18.2 Å². The second kappa shape index (κ2) is 6.87. The maximum absolute atomic E-state index is 12.6. The number of fused-ring (bicyclic) bond motifs is 1. The number of rotatable bonds is 6. The minimum absolute atomic E-state index is 0.0742. The lowest BCUT2D eigenvalue weighted by atomic mass is 10.2. The summed E-state index contributed by atoms with van der Waals surface area (Å²) in [6, 6.07) is 5.59. The predicted molar refractivity (Wildman–Crippen MR) is 88.8 cm³/mol. The summed E-state index contributed by atoms with van der Waals surface area (Å²) in [6.07, 6.45) is 0.975. The standard InChI is InChI=1S/C15H22N4OS/c1-4-19(9-5-8-18(2)3)14(20)11-6-7-12-13(10-11)21-15(16)17-12/h6-7,10H,4-5,8-9H2,1-3H3,(H2,16,17). The van der Waals surface area contributed by atoms with Crippen LogP contribution in [0.5, 0.6) is 0 Å². The van der Waals surface area contributed by atoms with Crippen LogP contribution in [0.4, 0.5) is 5.13 Å². The normalized spacial score (nSPS) is 11.2. The van der Waals surface area contributed by atoms with Crippen molar-refractivity contribution in [3.63, 3.8) is 0 Å². The molecular formula is C15H22N4OS. The van der Waals surface area contributed by atoms with Crippen molar-refractivity contribution in [1.82, 2.24) is 14.8 Å². The molecule has 0 saturated carbocycles. The number of nitrogens with two attached hydrogens (primary N) is 1. The van der Waals surface area contributed by atoms with Gasteiger partial charge in [0.05, 0.1) is 10.2 Å². The number of anilines is 1. The molecule has 0 aliphatic carbocycles. The average molecular weight is 306 g/mol. The molecule has 6 heteroatoms. The third kappa shape index (κ3) is 3.92. The molecule has 0 atom stereocenters. The molecule has 0 radical (unpaired) electrons. The minimum atomic E-state index is 0.0742. The third-order valence-corrected chi connectivity index (χ3v) is 4.20. The molecule has 0 aliphatic rings. The molecule has 0 saturated heterocycles. The van der Waals surface area contributed by atoms with Crippen LogP contribution < -0.4 is 5.73 Å². The number of benzene rings is 1. The van der Waals surface area contributed by atoms with E-state index in [0.29, 0.717) is 10.7 Å². The zero-order valence-electron chi connectivity index (χ0n) is 12.8. The van der Waals surface area contributed by atoms with Gasteiger partial charge < -0.3 is 15.5 Å². The van der Waals surface area contributed by atoms with E-state index in [4.69, 9.17) is 5.73 Å². The Balaban J connectivity index is 2.11. The Morgan fingerprint density at radius 3 is 2.76 bits per heavy atom. The summed E-state index contributed by atoms with van der Waals surface area (Å²) in [6.45, 7) is 4.48. The van der Waals surface area contributed by atoms with Crippen LogP contribution in [-0.4, -0.2) is 54.4 Å². The van der Waals surface area contributed by atoms with Crippen molar-refractivity contribution in [3.05, 3.63) is 23.8 Å². The molecule has 0 aliphatic heterocycles. The Morgan fingerprint density at radius 2 is 2.10 bits per heavy atom. The van der Waals surface area contributed by atoms with E-state index in [2.05, 4.69) is 9.88 Å². The Morgan fingerprint density at radius 1 is 1.33 bits per heavy atom. The number of thiazole rings is 1. The maximum atomic E-state index is 12.6. The molecule has 0 spiro atoms. The van der Waals surface area contributed by atoms with Gasteiger partial charge in [-0.15, -0.1) is 0 Å². The molecule has 2 rings (SSSR count). The lowest BCUT2D eigenvalue weighted by Gasteiger charge is -2.22. The van der Waals surface area contributed by atoms with Crippen molar-refractivity contribution in [2.75, 3.05) is 39.5 Å². The van der Waals surface area contributed by atoms with Gasteiger partial charge in [-0.25, -0.2) is 4.98 Å². The molecule has 0 bridgehead atoms. The number of hydrogen-bond acceptors (Lipinski definition) is 5. The van der Waals surface area contributed by atoms with Crippen LogP contribution >= 0.6 is 11.3 Å². The van der Waals surface area contributed by atoms with Gasteiger partial charge in [0.15, 0.2) is 5.13 Å². The Labute approximate surface area is 129 Å². The van der Waals surface area contributed by atoms with Crippen molar-refractivity contribution in [2.45, 2.75) is 13.3 Å². The molecule has 1 heterocycles. The van der Waals surface area contributed by atoms with E-state index in [1.54, 1.807) is 0 Å². The molecule has 2 N–H and O–H groups in total. The summed E-state index contributed by atoms with van der Waals surface area (Å²) in [5.74, 6) is 0.0742. The summed E-state index contributed by atoms with van der Waals surface area (Å²) in [5, 5.41) is 0.535. The summed E-state index contributed by atoms with van der Waals surface area (Å²) >= 11 is 1.41. The number of amides is 1. The molecule has 0 fully saturated rings. The number of hydrogen-bond donors (Lipinski definition) is 1. The van der Waals surface area contributed by atoms with Crippen molar-refractivity contribution in [1.29, 1.82) is 0 Å². The first-order valence-electron chi connectivity index (χ1n) is 7.11. The second-order valence-corrected chi connectivity index (χ2v) is 6.34. The molecule has 1 aromatic heterocycles. The van der Waals surface area contributed by atoms with Gasteiger partial charge in [-0.1, -0.05) is 11.3 Å². The van der Waals surface area contributed by atoms with Crippen LogP contribution in [0.1, 0.15) is 23.7 Å². The molecule has 0 unspecified atom stereocenters. The third-order valence-electron chi connectivity index (χ3n) is 3.35. The molecule has 1 amide bonds. The predicted octanol–water partition coefficient (Wildman–Crippen LogP) is 2.29. The fourth-order valence-electron chi connectivity index (χ4n) is 2.24. The zero-order valence-corrected chi connectivity index (χ0v) is 13.6.